The van der Waals surface area contributed by atoms with Crippen molar-refractivity contribution in [2.45, 2.75) is 102 Å². The number of amides is 2. The summed E-state index contributed by atoms with van der Waals surface area (Å²) in [5, 5.41) is 3.42. The third-order valence-electron chi connectivity index (χ3n) is 9.54. The summed E-state index contributed by atoms with van der Waals surface area (Å²) in [6.45, 7) is 8.95. The van der Waals surface area contributed by atoms with Gasteiger partial charge in [0.25, 0.3) is 10.2 Å². The van der Waals surface area contributed by atoms with Crippen molar-refractivity contribution in [3.05, 3.63) is 11.8 Å². The molecular weight excluding hydrogens is 546 g/mol. The highest BCUT2D eigenvalue weighted by Gasteiger charge is 2.62. The number of ether oxygens (including phenoxy) is 1. The normalized spacial score (nSPS) is 27.1. The van der Waals surface area contributed by atoms with Crippen molar-refractivity contribution in [2.75, 3.05) is 43.4 Å². The molecule has 226 valence electrons. The van der Waals surface area contributed by atoms with Gasteiger partial charge in [0.2, 0.25) is 11.9 Å². The summed E-state index contributed by atoms with van der Waals surface area (Å²) in [6.07, 6.45) is 7.66. The Balaban J connectivity index is 1.05. The van der Waals surface area contributed by atoms with Crippen LogP contribution in [0.2, 0.25) is 0 Å². The number of carbonyl (C=O) groups excluding carboxylic acids is 2. The van der Waals surface area contributed by atoms with Gasteiger partial charge in [-0.05, 0) is 65.2 Å². The SMILES string of the molecule is CC1CCCC1N1C(=O)C2(CC2)c2cnc(NC3CCN(S(=O)(=O)N4CC(N(C)C(=O)OC(C)(C)C)C4)CC3)nc21. The van der Waals surface area contributed by atoms with Gasteiger partial charge in [0.1, 0.15) is 11.4 Å². The molecule has 2 saturated carbocycles. The third kappa shape index (κ3) is 5.07. The molecule has 1 aromatic heterocycles. The second-order valence-corrected chi connectivity index (χ2v) is 15.5. The molecule has 4 fully saturated rings. The van der Waals surface area contributed by atoms with Crippen LogP contribution in [0.15, 0.2) is 6.20 Å². The van der Waals surface area contributed by atoms with Crippen LogP contribution in [0.1, 0.15) is 78.2 Å². The van der Waals surface area contributed by atoms with Crippen molar-refractivity contribution in [3.8, 4) is 0 Å². The van der Waals surface area contributed by atoms with Crippen LogP contribution in [0.5, 0.6) is 0 Å². The second-order valence-electron chi connectivity index (χ2n) is 13.6. The molecule has 2 aliphatic carbocycles. The number of piperidine rings is 1. The zero-order valence-corrected chi connectivity index (χ0v) is 25.6. The van der Waals surface area contributed by atoms with Crippen molar-refractivity contribution in [2.24, 2.45) is 5.92 Å². The van der Waals surface area contributed by atoms with Gasteiger partial charge in [-0.1, -0.05) is 13.3 Å². The van der Waals surface area contributed by atoms with Gasteiger partial charge < -0.3 is 15.0 Å². The fourth-order valence-corrected chi connectivity index (χ4v) is 8.46. The van der Waals surface area contributed by atoms with Crippen LogP contribution >= 0.6 is 0 Å². The molecule has 13 heteroatoms. The van der Waals surface area contributed by atoms with Crippen molar-refractivity contribution < 1.29 is 22.7 Å². The number of anilines is 2. The van der Waals surface area contributed by atoms with Crippen molar-refractivity contribution in [3.63, 3.8) is 0 Å². The molecule has 4 heterocycles. The zero-order valence-electron chi connectivity index (χ0n) is 24.8. The molecule has 5 aliphatic rings. The van der Waals surface area contributed by atoms with Gasteiger partial charge in [-0.2, -0.15) is 22.0 Å². The third-order valence-corrected chi connectivity index (χ3v) is 11.5. The maximum atomic E-state index is 13.5. The highest BCUT2D eigenvalue weighted by atomic mass is 32.2. The number of nitrogens with one attached hydrogen (secondary N) is 1. The van der Waals surface area contributed by atoms with Crippen LogP contribution in [-0.4, -0.2) is 101 Å². The van der Waals surface area contributed by atoms with E-state index in [0.717, 1.165) is 43.5 Å². The minimum Gasteiger partial charge on any atom is -0.444 e. The average molecular weight is 590 g/mol. The maximum absolute atomic E-state index is 13.5. The Kier molecular flexibility index (Phi) is 7.01. The Morgan fingerprint density at radius 3 is 2.39 bits per heavy atom. The maximum Gasteiger partial charge on any atom is 0.410 e. The Hall–Kier alpha value is -2.51. The monoisotopic (exact) mass is 589 g/mol. The fraction of sp³-hybridized carbons (Fsp3) is 0.786. The average Bonchev–Trinajstić information content (AvgIpc) is 3.52. The molecule has 0 aromatic carbocycles. The molecule has 1 aromatic rings. The van der Waals surface area contributed by atoms with Gasteiger partial charge in [0.15, 0.2) is 0 Å². The summed E-state index contributed by atoms with van der Waals surface area (Å²) in [5.74, 6) is 1.92. The lowest BCUT2D eigenvalue weighted by Gasteiger charge is -2.45. The number of rotatable bonds is 6. The van der Waals surface area contributed by atoms with Gasteiger partial charge >= 0.3 is 6.09 Å². The Morgan fingerprint density at radius 1 is 1.12 bits per heavy atom. The summed E-state index contributed by atoms with van der Waals surface area (Å²) < 4.78 is 34.9. The van der Waals surface area contributed by atoms with E-state index in [-0.39, 0.29) is 37.1 Å². The molecular formula is C28H43N7O5S. The smallest absolute Gasteiger partial charge is 0.410 e. The molecule has 0 bridgehead atoms. The molecule has 41 heavy (non-hydrogen) atoms. The summed E-state index contributed by atoms with van der Waals surface area (Å²) in [5.41, 5.74) is -0.0411. The Morgan fingerprint density at radius 2 is 1.80 bits per heavy atom. The van der Waals surface area contributed by atoms with Gasteiger partial charge in [0, 0.05) is 57.1 Å². The zero-order chi connectivity index (χ0) is 29.3. The van der Waals surface area contributed by atoms with E-state index in [0.29, 0.717) is 37.8 Å². The van der Waals surface area contributed by atoms with E-state index < -0.39 is 27.3 Å². The first-order valence-corrected chi connectivity index (χ1v) is 16.4. The predicted octanol–water partition coefficient (Wildman–Crippen LogP) is 2.72. The molecule has 2 atom stereocenters. The summed E-state index contributed by atoms with van der Waals surface area (Å²) in [6, 6.07) is 0.0273. The number of nitrogens with zero attached hydrogens (tertiary/aromatic N) is 6. The van der Waals surface area contributed by atoms with Gasteiger partial charge in [-0.15, -0.1) is 0 Å². The van der Waals surface area contributed by atoms with E-state index in [9.17, 15) is 18.0 Å². The molecule has 0 radical (unpaired) electrons. The summed E-state index contributed by atoms with van der Waals surface area (Å²) in [7, 11) is -1.96. The van der Waals surface area contributed by atoms with Crippen LogP contribution in [0.3, 0.4) is 0 Å². The first-order chi connectivity index (χ1) is 19.3. The summed E-state index contributed by atoms with van der Waals surface area (Å²) in [4.78, 5) is 38.7. The first-order valence-electron chi connectivity index (χ1n) is 15.0. The topological polar surface area (TPSA) is 128 Å². The number of carbonyl (C=O) groups is 2. The van der Waals surface area contributed by atoms with Crippen molar-refractivity contribution in [1.82, 2.24) is 23.5 Å². The van der Waals surface area contributed by atoms with Crippen LogP contribution in [0, 0.1) is 5.92 Å². The Labute approximate surface area is 243 Å². The van der Waals surface area contributed by atoms with E-state index in [1.54, 1.807) is 27.8 Å². The van der Waals surface area contributed by atoms with E-state index in [1.807, 2.05) is 11.1 Å². The summed E-state index contributed by atoms with van der Waals surface area (Å²) >= 11 is 0. The van der Waals surface area contributed by atoms with Crippen molar-refractivity contribution >= 4 is 34.0 Å². The molecule has 2 unspecified atom stereocenters. The van der Waals surface area contributed by atoms with E-state index >= 15 is 0 Å². The lowest BCUT2D eigenvalue weighted by Crippen LogP contribution is -2.64. The minimum atomic E-state index is -3.61. The number of fused-ring (bicyclic) bond motifs is 2. The first kappa shape index (κ1) is 28.6. The number of aromatic nitrogens is 2. The molecule has 1 spiro atoms. The fourth-order valence-electron chi connectivity index (χ4n) is 6.74. The molecule has 2 amide bonds. The van der Waals surface area contributed by atoms with Crippen LogP contribution in [0.25, 0.3) is 0 Å². The predicted molar refractivity (Wildman–Crippen MR) is 154 cm³/mol. The van der Waals surface area contributed by atoms with Gasteiger partial charge in [-0.3, -0.25) is 9.69 Å². The number of hydrogen-bond donors (Lipinski definition) is 1. The van der Waals surface area contributed by atoms with Crippen LogP contribution < -0.4 is 10.2 Å². The van der Waals surface area contributed by atoms with Crippen molar-refractivity contribution in [1.29, 1.82) is 0 Å². The second kappa shape index (κ2) is 10.0. The van der Waals surface area contributed by atoms with Crippen LogP contribution in [-0.2, 0) is 25.2 Å². The quantitative estimate of drug-likeness (QED) is 0.537. The lowest BCUT2D eigenvalue weighted by atomic mass is 10.0. The van der Waals surface area contributed by atoms with E-state index in [2.05, 4.69) is 17.2 Å². The van der Waals surface area contributed by atoms with Gasteiger partial charge in [0.05, 0.1) is 11.5 Å². The van der Waals surface area contributed by atoms with E-state index in [4.69, 9.17) is 9.72 Å². The standard InChI is InChI=1S/C28H43N7O5S/c1-18-7-6-8-22(18)35-23-21(28(11-12-28)24(35)36)15-29-25(31-23)30-19-9-13-33(14-10-19)41(38,39)34-16-20(17-34)32(5)26(37)40-27(2,3)4/h15,18-20,22H,6-14,16-17H2,1-5H3,(H,29,30,31). The highest BCUT2D eigenvalue weighted by Crippen LogP contribution is 2.58. The number of hydrogen-bond acceptors (Lipinski definition) is 8. The van der Waals surface area contributed by atoms with E-state index in [1.165, 1.54) is 13.5 Å². The van der Waals surface area contributed by atoms with Crippen LogP contribution in [0.4, 0.5) is 16.6 Å². The minimum absolute atomic E-state index is 0.0350. The number of likely N-dealkylation sites (N-methyl/N-ethyl adjacent to an activating group) is 1. The largest absolute Gasteiger partial charge is 0.444 e. The molecule has 3 aliphatic heterocycles. The molecule has 1 N–H and O–H groups in total. The molecule has 12 nitrogen and oxygen atoms in total. The molecule has 2 saturated heterocycles. The van der Waals surface area contributed by atoms with Gasteiger partial charge in [-0.25, -0.2) is 9.78 Å². The molecule has 6 rings (SSSR count). The Bertz CT molecular complexity index is 1310. The highest BCUT2D eigenvalue weighted by molar-refractivity contribution is 7.86. The lowest BCUT2D eigenvalue weighted by molar-refractivity contribution is -0.120.